The summed E-state index contributed by atoms with van der Waals surface area (Å²) in [6.07, 6.45) is 10.6. The molecule has 5 rings (SSSR count). The van der Waals surface area contributed by atoms with E-state index >= 15 is 0 Å². The van der Waals surface area contributed by atoms with Crippen LogP contribution in [0.3, 0.4) is 0 Å². The summed E-state index contributed by atoms with van der Waals surface area (Å²) in [5.74, 6) is 1.02. The molecule has 36 heavy (non-hydrogen) atoms. The van der Waals surface area contributed by atoms with Gasteiger partial charge in [-0.05, 0) is 56.7 Å². The molecule has 2 heterocycles. The number of halogens is 2. The standard InChI is InChI=1S/C25H32Cl2N8O/c26-16-11-15(12-17(27)13-16)24(36)30-10-9-29-22-21-23(35(14-31-21)20-3-1-2-4-20)34-25(33-22)32-19-7-5-18(28)6-8-19/h11-14,18-20H,1-10,28H2,(H,30,36)(H2,29,32,33,34)/t18-,19-. The number of benzene rings is 1. The number of imidazole rings is 1. The van der Waals surface area contributed by atoms with Crippen molar-refractivity contribution in [2.45, 2.75) is 69.5 Å². The fraction of sp³-hybridized carbons (Fsp3) is 0.520. The third kappa shape index (κ3) is 5.85. The number of hydrogen-bond acceptors (Lipinski definition) is 7. The molecule has 3 aromatic rings. The predicted octanol–water partition coefficient (Wildman–Crippen LogP) is 4.77. The number of nitrogens with two attached hydrogens (primary N) is 1. The highest BCUT2D eigenvalue weighted by Gasteiger charge is 2.24. The second kappa shape index (κ2) is 11.2. The Bertz CT molecular complexity index is 1200. The van der Waals surface area contributed by atoms with Crippen LogP contribution in [0.15, 0.2) is 24.5 Å². The molecule has 2 saturated carbocycles. The van der Waals surface area contributed by atoms with E-state index in [1.807, 2.05) is 6.33 Å². The van der Waals surface area contributed by atoms with Crippen molar-refractivity contribution in [1.82, 2.24) is 24.8 Å². The van der Waals surface area contributed by atoms with Gasteiger partial charge in [0.25, 0.3) is 5.91 Å². The molecule has 5 N–H and O–H groups in total. The summed E-state index contributed by atoms with van der Waals surface area (Å²) in [6.45, 7) is 0.862. The van der Waals surface area contributed by atoms with E-state index in [1.54, 1.807) is 18.2 Å². The van der Waals surface area contributed by atoms with E-state index in [0.29, 0.717) is 52.5 Å². The van der Waals surface area contributed by atoms with Crippen LogP contribution < -0.4 is 21.7 Å². The van der Waals surface area contributed by atoms with Crippen molar-refractivity contribution in [3.05, 3.63) is 40.1 Å². The SMILES string of the molecule is N[C@H]1CC[C@H](Nc2nc(NCCNC(=O)c3cc(Cl)cc(Cl)c3)c3ncn(C4CCCC4)c3n2)CC1. The monoisotopic (exact) mass is 530 g/mol. The molecule has 0 spiro atoms. The van der Waals surface area contributed by atoms with E-state index < -0.39 is 0 Å². The van der Waals surface area contributed by atoms with Crippen LogP contribution in [0.4, 0.5) is 11.8 Å². The number of rotatable bonds is 8. The third-order valence-corrected chi connectivity index (χ3v) is 7.51. The number of nitrogens with one attached hydrogen (secondary N) is 3. The lowest BCUT2D eigenvalue weighted by molar-refractivity contribution is 0.0955. The number of carbonyl (C=O) groups is 1. The van der Waals surface area contributed by atoms with Crippen LogP contribution in [-0.4, -0.2) is 50.6 Å². The Hall–Kier alpha value is -2.62. The highest BCUT2D eigenvalue weighted by Crippen LogP contribution is 2.33. The second-order valence-corrected chi connectivity index (χ2v) is 10.6. The minimum atomic E-state index is -0.239. The largest absolute Gasteiger partial charge is 0.366 e. The lowest BCUT2D eigenvalue weighted by atomic mass is 9.92. The molecule has 9 nitrogen and oxygen atoms in total. The first kappa shape index (κ1) is 25.0. The minimum absolute atomic E-state index is 0.239. The van der Waals surface area contributed by atoms with Crippen molar-refractivity contribution in [3.8, 4) is 0 Å². The number of aromatic nitrogens is 4. The molecule has 192 valence electrons. The van der Waals surface area contributed by atoms with Gasteiger partial charge in [0.2, 0.25) is 5.95 Å². The molecule has 11 heteroatoms. The summed E-state index contributed by atoms with van der Waals surface area (Å²) in [6, 6.07) is 5.79. The Morgan fingerprint density at radius 3 is 2.44 bits per heavy atom. The van der Waals surface area contributed by atoms with E-state index in [4.69, 9.17) is 38.9 Å². The van der Waals surface area contributed by atoms with E-state index in [1.165, 1.54) is 12.8 Å². The van der Waals surface area contributed by atoms with E-state index in [-0.39, 0.29) is 11.9 Å². The summed E-state index contributed by atoms with van der Waals surface area (Å²) in [7, 11) is 0. The zero-order chi connectivity index (χ0) is 25.1. The average Bonchev–Trinajstić information content (AvgIpc) is 3.52. The van der Waals surface area contributed by atoms with Crippen LogP contribution in [0.5, 0.6) is 0 Å². The fourth-order valence-corrected chi connectivity index (χ4v) is 5.67. The maximum absolute atomic E-state index is 12.5. The van der Waals surface area contributed by atoms with E-state index in [0.717, 1.165) is 49.7 Å². The molecule has 0 saturated heterocycles. The summed E-state index contributed by atoms with van der Waals surface area (Å²) in [5, 5.41) is 10.6. The average molecular weight is 531 g/mol. The molecule has 0 atom stereocenters. The number of anilines is 2. The van der Waals surface area contributed by atoms with Crippen molar-refractivity contribution in [2.24, 2.45) is 5.73 Å². The zero-order valence-electron chi connectivity index (χ0n) is 20.1. The molecule has 0 unspecified atom stereocenters. The first-order valence-electron chi connectivity index (χ1n) is 12.7. The fourth-order valence-electron chi connectivity index (χ4n) is 5.14. The summed E-state index contributed by atoms with van der Waals surface area (Å²) >= 11 is 12.0. The molecule has 0 bridgehead atoms. The first-order valence-corrected chi connectivity index (χ1v) is 13.5. The topological polar surface area (TPSA) is 123 Å². The van der Waals surface area contributed by atoms with Gasteiger partial charge in [-0.15, -0.1) is 0 Å². The normalized spacial score (nSPS) is 20.5. The Morgan fingerprint density at radius 1 is 1.00 bits per heavy atom. The molecular weight excluding hydrogens is 499 g/mol. The highest BCUT2D eigenvalue weighted by molar-refractivity contribution is 6.35. The number of amides is 1. The van der Waals surface area contributed by atoms with E-state index in [9.17, 15) is 4.79 Å². The van der Waals surface area contributed by atoms with Gasteiger partial charge in [-0.25, -0.2) is 4.98 Å². The van der Waals surface area contributed by atoms with Crippen molar-refractivity contribution < 1.29 is 4.79 Å². The lowest BCUT2D eigenvalue weighted by Crippen LogP contribution is -2.33. The number of carbonyl (C=O) groups excluding carboxylic acids is 1. The van der Waals surface area contributed by atoms with Crippen LogP contribution in [0, 0.1) is 0 Å². The van der Waals surface area contributed by atoms with Crippen LogP contribution in [0.25, 0.3) is 11.2 Å². The van der Waals surface area contributed by atoms with Crippen LogP contribution in [-0.2, 0) is 0 Å². The number of nitrogens with zero attached hydrogens (tertiary/aromatic N) is 4. The minimum Gasteiger partial charge on any atom is -0.366 e. The van der Waals surface area contributed by atoms with Gasteiger partial charge in [0.1, 0.15) is 0 Å². The Kier molecular flexibility index (Phi) is 7.79. The predicted molar refractivity (Wildman–Crippen MR) is 144 cm³/mol. The van der Waals surface area contributed by atoms with Crippen LogP contribution in [0.2, 0.25) is 10.0 Å². The van der Waals surface area contributed by atoms with Gasteiger partial charge in [-0.1, -0.05) is 36.0 Å². The van der Waals surface area contributed by atoms with Gasteiger partial charge in [-0.2, -0.15) is 9.97 Å². The van der Waals surface area contributed by atoms with Gasteiger partial charge in [0.05, 0.1) is 6.33 Å². The number of fused-ring (bicyclic) bond motifs is 1. The zero-order valence-corrected chi connectivity index (χ0v) is 21.7. The van der Waals surface area contributed by atoms with Gasteiger partial charge in [0, 0.05) is 46.8 Å². The Morgan fingerprint density at radius 2 is 1.72 bits per heavy atom. The van der Waals surface area contributed by atoms with Gasteiger partial charge in [0.15, 0.2) is 17.0 Å². The van der Waals surface area contributed by atoms with Crippen molar-refractivity contribution in [1.29, 1.82) is 0 Å². The molecule has 0 aliphatic heterocycles. The Balaban J connectivity index is 1.30. The molecule has 2 aliphatic rings. The van der Waals surface area contributed by atoms with Gasteiger partial charge >= 0.3 is 0 Å². The third-order valence-electron chi connectivity index (χ3n) is 7.07. The lowest BCUT2D eigenvalue weighted by Gasteiger charge is -2.27. The van der Waals surface area contributed by atoms with Crippen molar-refractivity contribution in [3.63, 3.8) is 0 Å². The Labute approximate surface area is 220 Å². The molecule has 2 fully saturated rings. The summed E-state index contributed by atoms with van der Waals surface area (Å²) in [4.78, 5) is 26.8. The smallest absolute Gasteiger partial charge is 0.251 e. The molecule has 1 aromatic carbocycles. The molecule has 2 aliphatic carbocycles. The molecule has 0 radical (unpaired) electrons. The second-order valence-electron chi connectivity index (χ2n) is 9.75. The number of hydrogen-bond donors (Lipinski definition) is 4. The molecule has 2 aromatic heterocycles. The maximum atomic E-state index is 12.5. The van der Waals surface area contributed by atoms with Gasteiger partial charge in [-0.3, -0.25) is 4.79 Å². The molecule has 1 amide bonds. The van der Waals surface area contributed by atoms with Crippen LogP contribution >= 0.6 is 23.2 Å². The molecular formula is C25H32Cl2N8O. The van der Waals surface area contributed by atoms with Gasteiger partial charge < -0.3 is 26.3 Å². The maximum Gasteiger partial charge on any atom is 0.251 e. The highest BCUT2D eigenvalue weighted by atomic mass is 35.5. The van der Waals surface area contributed by atoms with E-state index in [2.05, 4.69) is 25.5 Å². The van der Waals surface area contributed by atoms with Crippen molar-refractivity contribution >= 4 is 52.0 Å². The van der Waals surface area contributed by atoms with Crippen LogP contribution in [0.1, 0.15) is 67.8 Å². The summed E-state index contributed by atoms with van der Waals surface area (Å²) < 4.78 is 2.20. The first-order chi connectivity index (χ1) is 17.5. The van der Waals surface area contributed by atoms with Crippen molar-refractivity contribution in [2.75, 3.05) is 23.7 Å². The summed E-state index contributed by atoms with van der Waals surface area (Å²) in [5.41, 5.74) is 8.09. The quantitative estimate of drug-likeness (QED) is 0.309.